The Hall–Kier alpha value is -0.580. The van der Waals surface area contributed by atoms with E-state index in [0.717, 1.165) is 0 Å². The molecule has 10 nitrogen and oxygen atoms in total. The van der Waals surface area contributed by atoms with Crippen molar-refractivity contribution in [1.82, 2.24) is 0 Å². The Morgan fingerprint density at radius 3 is 2.40 bits per heavy atom. The highest BCUT2D eigenvalue weighted by molar-refractivity contribution is 7.48. The van der Waals surface area contributed by atoms with Crippen LogP contribution in [-0.4, -0.2) is 77.5 Å². The third-order valence-corrected chi connectivity index (χ3v) is 5.85. The predicted molar refractivity (Wildman–Crippen MR) is 106 cm³/mol. The van der Waals surface area contributed by atoms with Crippen LogP contribution in [0.4, 0.5) is 0 Å². The van der Waals surface area contributed by atoms with Gasteiger partial charge < -0.3 is 28.6 Å². The van der Waals surface area contributed by atoms with Crippen LogP contribution in [-0.2, 0) is 37.4 Å². The molecule has 0 aromatic carbocycles. The Morgan fingerprint density at radius 2 is 1.83 bits per heavy atom. The molecule has 0 aliphatic carbocycles. The highest BCUT2D eigenvalue weighted by Crippen LogP contribution is 2.50. The van der Waals surface area contributed by atoms with Crippen molar-refractivity contribution in [1.29, 1.82) is 0 Å². The highest BCUT2D eigenvalue weighted by atomic mass is 31.2. The number of hydrogen-bond acceptors (Lipinski definition) is 9. The molecule has 2 aliphatic rings. The number of carbonyl (C=O) groups excluding carboxylic acids is 1. The fourth-order valence-corrected chi connectivity index (χ4v) is 4.65. The number of aliphatic hydroxyl groups excluding tert-OH is 1. The van der Waals surface area contributed by atoms with E-state index in [1.807, 2.05) is 27.7 Å². The quantitative estimate of drug-likeness (QED) is 0.472. The molecule has 2 heterocycles. The SMILES string of the molecule is CC(C)OCC1(CO)OC(C)CC1OP(=O)(O)OC(=O)C1OC(C)CC1OC(C)C. The van der Waals surface area contributed by atoms with Gasteiger partial charge in [0.25, 0.3) is 0 Å². The van der Waals surface area contributed by atoms with Crippen LogP contribution in [0, 0.1) is 0 Å². The first-order valence-electron chi connectivity index (χ1n) is 10.3. The summed E-state index contributed by atoms with van der Waals surface area (Å²) in [4.78, 5) is 22.8. The van der Waals surface area contributed by atoms with Gasteiger partial charge in [0.2, 0.25) is 0 Å². The van der Waals surface area contributed by atoms with Crippen LogP contribution < -0.4 is 0 Å². The van der Waals surface area contributed by atoms with E-state index < -0.39 is 44.3 Å². The summed E-state index contributed by atoms with van der Waals surface area (Å²) in [6.45, 7) is 10.3. The molecule has 0 aromatic heterocycles. The molecule has 176 valence electrons. The van der Waals surface area contributed by atoms with Gasteiger partial charge in [-0.2, -0.15) is 0 Å². The zero-order valence-electron chi connectivity index (χ0n) is 18.5. The predicted octanol–water partition coefficient (Wildman–Crippen LogP) is 1.95. The topological polar surface area (TPSA) is 130 Å². The van der Waals surface area contributed by atoms with Crippen LogP contribution in [0.3, 0.4) is 0 Å². The van der Waals surface area contributed by atoms with E-state index in [-0.39, 0.29) is 37.4 Å². The van der Waals surface area contributed by atoms with Crippen molar-refractivity contribution >= 4 is 13.8 Å². The minimum Gasteiger partial charge on any atom is -0.393 e. The molecule has 2 fully saturated rings. The van der Waals surface area contributed by atoms with Crippen molar-refractivity contribution in [3.05, 3.63) is 0 Å². The maximum absolute atomic E-state index is 12.6. The van der Waals surface area contributed by atoms with E-state index >= 15 is 0 Å². The first kappa shape index (κ1) is 25.7. The Bertz CT molecular complexity index is 626. The molecule has 11 heteroatoms. The lowest BCUT2D eigenvalue weighted by atomic mass is 9.98. The molecule has 2 aliphatic heterocycles. The number of ether oxygens (including phenoxy) is 4. The molecule has 0 bridgehead atoms. The molecule has 0 saturated carbocycles. The minimum atomic E-state index is -4.83. The lowest BCUT2D eigenvalue weighted by molar-refractivity contribution is -0.160. The molecule has 0 aromatic rings. The van der Waals surface area contributed by atoms with Crippen LogP contribution >= 0.6 is 7.82 Å². The van der Waals surface area contributed by atoms with Gasteiger partial charge in [-0.15, -0.1) is 0 Å². The number of carbonyl (C=O) groups is 1. The highest BCUT2D eigenvalue weighted by Gasteiger charge is 2.52. The average Bonchev–Trinajstić information content (AvgIpc) is 3.11. The lowest BCUT2D eigenvalue weighted by Gasteiger charge is -2.33. The van der Waals surface area contributed by atoms with Gasteiger partial charge in [-0.25, -0.2) is 9.36 Å². The van der Waals surface area contributed by atoms with Crippen molar-refractivity contribution in [2.24, 2.45) is 0 Å². The van der Waals surface area contributed by atoms with Crippen LogP contribution in [0.1, 0.15) is 54.4 Å². The van der Waals surface area contributed by atoms with E-state index in [1.54, 1.807) is 13.8 Å². The number of rotatable bonds is 10. The largest absolute Gasteiger partial charge is 0.530 e. The molecule has 7 atom stereocenters. The summed E-state index contributed by atoms with van der Waals surface area (Å²) < 4.78 is 45.2. The van der Waals surface area contributed by atoms with Gasteiger partial charge in [0, 0.05) is 12.8 Å². The first-order chi connectivity index (χ1) is 13.9. The molecule has 0 amide bonds. The fraction of sp³-hybridized carbons (Fsp3) is 0.947. The number of phosphoric acid groups is 1. The van der Waals surface area contributed by atoms with Gasteiger partial charge in [-0.3, -0.25) is 9.42 Å². The smallest absolute Gasteiger partial charge is 0.393 e. The second-order valence-electron chi connectivity index (χ2n) is 8.55. The van der Waals surface area contributed by atoms with Gasteiger partial charge in [-0.1, -0.05) is 0 Å². The standard InChI is InChI=1S/C19H35O10P/c1-11(2)24-10-19(9-20)16(8-14(6)27-19)28-30(22,23)29-18(21)17-15(25-12(3)4)7-13(5)26-17/h11-17,20H,7-10H2,1-6H3,(H,22,23). The van der Waals surface area contributed by atoms with E-state index in [1.165, 1.54) is 0 Å². The second kappa shape index (κ2) is 10.4. The summed E-state index contributed by atoms with van der Waals surface area (Å²) in [5.74, 6) is -1.03. The molecule has 7 unspecified atom stereocenters. The van der Waals surface area contributed by atoms with Crippen LogP contribution in [0.5, 0.6) is 0 Å². The lowest BCUT2D eigenvalue weighted by Crippen LogP contribution is -2.49. The fourth-order valence-electron chi connectivity index (χ4n) is 3.68. The Kier molecular flexibility index (Phi) is 8.87. The molecule has 2 saturated heterocycles. The first-order valence-corrected chi connectivity index (χ1v) is 11.8. The maximum Gasteiger partial charge on any atom is 0.530 e. The Morgan fingerprint density at radius 1 is 1.17 bits per heavy atom. The summed E-state index contributed by atoms with van der Waals surface area (Å²) in [5, 5.41) is 9.92. The monoisotopic (exact) mass is 454 g/mol. The van der Waals surface area contributed by atoms with E-state index in [9.17, 15) is 19.4 Å². The maximum atomic E-state index is 12.6. The third kappa shape index (κ3) is 6.71. The summed E-state index contributed by atoms with van der Waals surface area (Å²) in [6, 6.07) is 0. The molecule has 0 spiro atoms. The summed E-state index contributed by atoms with van der Waals surface area (Å²) >= 11 is 0. The third-order valence-electron chi connectivity index (χ3n) is 4.92. The normalized spacial score (nSPS) is 36.4. The van der Waals surface area contributed by atoms with Crippen molar-refractivity contribution < 1.29 is 47.4 Å². The average molecular weight is 454 g/mol. The number of aliphatic hydroxyl groups is 1. The molecular weight excluding hydrogens is 419 g/mol. The summed E-state index contributed by atoms with van der Waals surface area (Å²) in [6.07, 6.45) is -2.95. The molecule has 2 rings (SSSR count). The van der Waals surface area contributed by atoms with Gasteiger partial charge in [0.15, 0.2) is 6.10 Å². The molecule has 30 heavy (non-hydrogen) atoms. The van der Waals surface area contributed by atoms with Gasteiger partial charge in [0.05, 0.1) is 43.7 Å². The van der Waals surface area contributed by atoms with Crippen molar-refractivity contribution in [2.75, 3.05) is 13.2 Å². The Labute approximate surface area is 177 Å². The second-order valence-corrected chi connectivity index (χ2v) is 9.88. The minimum absolute atomic E-state index is 0.0440. The zero-order chi connectivity index (χ0) is 22.7. The Balaban J connectivity index is 2.07. The van der Waals surface area contributed by atoms with E-state index in [4.69, 9.17) is 28.0 Å². The number of phosphoric ester groups is 1. The van der Waals surface area contributed by atoms with Crippen LogP contribution in [0.25, 0.3) is 0 Å². The van der Waals surface area contributed by atoms with Gasteiger partial charge >= 0.3 is 13.8 Å². The van der Waals surface area contributed by atoms with Crippen molar-refractivity contribution in [3.8, 4) is 0 Å². The van der Waals surface area contributed by atoms with E-state index in [2.05, 4.69) is 0 Å². The van der Waals surface area contributed by atoms with Crippen LogP contribution in [0.15, 0.2) is 0 Å². The summed E-state index contributed by atoms with van der Waals surface area (Å²) in [7, 11) is -4.83. The van der Waals surface area contributed by atoms with E-state index in [0.29, 0.717) is 6.42 Å². The summed E-state index contributed by atoms with van der Waals surface area (Å²) in [5.41, 5.74) is -1.34. The number of hydrogen-bond donors (Lipinski definition) is 2. The molecule has 2 N–H and O–H groups in total. The van der Waals surface area contributed by atoms with Crippen LogP contribution in [0.2, 0.25) is 0 Å². The van der Waals surface area contributed by atoms with Crippen molar-refractivity contribution in [3.63, 3.8) is 0 Å². The molecular formula is C19H35O10P. The zero-order valence-corrected chi connectivity index (χ0v) is 19.4. The van der Waals surface area contributed by atoms with Gasteiger partial charge in [-0.05, 0) is 41.5 Å². The van der Waals surface area contributed by atoms with Crippen molar-refractivity contribution in [2.45, 2.75) is 103 Å². The molecule has 0 radical (unpaired) electrons. The van der Waals surface area contributed by atoms with Gasteiger partial charge in [0.1, 0.15) is 11.7 Å².